The van der Waals surface area contributed by atoms with Crippen molar-refractivity contribution in [3.63, 3.8) is 0 Å². The Balaban J connectivity index is -0.000000200. The second-order valence-electron chi connectivity index (χ2n) is 14.7. The van der Waals surface area contributed by atoms with Crippen LogP contribution in [0, 0.1) is 11.8 Å². The van der Waals surface area contributed by atoms with Gasteiger partial charge >= 0.3 is 0 Å². The lowest BCUT2D eigenvalue weighted by molar-refractivity contribution is 0.238. The number of benzene rings is 2. The van der Waals surface area contributed by atoms with E-state index in [1.54, 1.807) is 6.92 Å². The van der Waals surface area contributed by atoms with Crippen LogP contribution in [0.5, 0.6) is 0 Å². The summed E-state index contributed by atoms with van der Waals surface area (Å²) in [6, 6.07) is 17.6. The number of rotatable bonds is 17. The topological polar surface area (TPSA) is 386 Å². The van der Waals surface area contributed by atoms with E-state index in [1.165, 1.54) is 16.5 Å². The number of para-hydroxylation sites is 1. The first-order valence-corrected chi connectivity index (χ1v) is 20.8. The molecule has 17 heteroatoms. The summed E-state index contributed by atoms with van der Waals surface area (Å²) >= 11 is 0. The Hall–Kier alpha value is -2.66. The lowest BCUT2D eigenvalue weighted by Crippen LogP contribution is -2.29. The number of aliphatic hydroxyl groups is 8. The predicted octanol–water partition coefficient (Wildman–Crippen LogP) is -0.800. The van der Waals surface area contributed by atoms with Gasteiger partial charge in [0, 0.05) is 66.5 Å². The summed E-state index contributed by atoms with van der Waals surface area (Å²) in [4.78, 5) is 3.18. The Morgan fingerprint density at radius 2 is 1.02 bits per heavy atom. The summed E-state index contributed by atoms with van der Waals surface area (Å²) in [6.07, 6.45) is 5.91. The van der Waals surface area contributed by atoms with Crippen molar-refractivity contribution in [3.8, 4) is 0 Å². The zero-order valence-corrected chi connectivity index (χ0v) is 37.7. The fourth-order valence-electron chi connectivity index (χ4n) is 3.74. The Bertz CT molecular complexity index is 1220. The molecular weight excluding hydrogens is 771 g/mol. The van der Waals surface area contributed by atoms with Gasteiger partial charge in [-0.1, -0.05) is 83.1 Å². The molecule has 3 aromatic rings. The Kier molecular flexibility index (Phi) is 54.3. The molecule has 0 aliphatic heterocycles. The van der Waals surface area contributed by atoms with Crippen molar-refractivity contribution in [2.75, 3.05) is 65.9 Å². The number of hydrogen-bond donors (Lipinski definition) is 17. The molecule has 60 heavy (non-hydrogen) atoms. The maximum absolute atomic E-state index is 8.87. The van der Waals surface area contributed by atoms with Crippen molar-refractivity contribution >= 4 is 10.9 Å². The highest BCUT2D eigenvalue weighted by Gasteiger charge is 2.07. The van der Waals surface area contributed by atoms with E-state index >= 15 is 0 Å². The first-order valence-electron chi connectivity index (χ1n) is 20.8. The molecular formula is C43H91N9O8. The lowest BCUT2D eigenvalue weighted by Gasteiger charge is -2.10. The second-order valence-corrected chi connectivity index (χ2v) is 14.7. The van der Waals surface area contributed by atoms with Crippen molar-refractivity contribution in [1.82, 2.24) is 4.98 Å². The van der Waals surface area contributed by atoms with Crippen LogP contribution in [0.2, 0.25) is 0 Å². The van der Waals surface area contributed by atoms with Crippen LogP contribution >= 0.6 is 0 Å². The molecule has 2 aromatic carbocycles. The van der Waals surface area contributed by atoms with Crippen LogP contribution in [0.1, 0.15) is 71.9 Å². The number of aromatic amines is 1. The number of nitrogens with one attached hydrogen (secondary N) is 1. The molecule has 0 bridgehead atoms. The standard InChI is InChI=1S/C11H14N2O.C9H13NO.C6H15NO.C5H13NO.C4H11NO.2C3H9NO.C2H7NO/c12-9(7-14)5-8-6-13-11-4-2-1-3-10(8)11;10-9(7-11)6-8-4-2-1-3-5-8;1-5(2)3-6(7)4-8;1-4(2)5(6)3-7;1-2-4(5)3-6;1-3(4)2-5;4-2-1-3-5;3-1-2-4/h1-4,6,9,13-14H,5,7,12H2;1-5,9,11H,6-7,10H2;5-6,8H,3-4,7H2,1-2H3;4-5,7H,3,6H2,1-2H3;4,6H,2-3,5H2,1H3;3,5H,2,4H2,1H3;5H,1-4H2;4H,1-3H2. The summed E-state index contributed by atoms with van der Waals surface area (Å²) in [6.45, 7) is 13.6. The van der Waals surface area contributed by atoms with Crippen LogP contribution in [0.4, 0.5) is 0 Å². The maximum Gasteiger partial charge on any atom is 0.0585 e. The van der Waals surface area contributed by atoms with Gasteiger partial charge in [-0.05, 0) is 74.6 Å². The van der Waals surface area contributed by atoms with Crippen LogP contribution in [0.3, 0.4) is 0 Å². The van der Waals surface area contributed by atoms with E-state index in [2.05, 4.69) is 24.9 Å². The molecule has 0 radical (unpaired) electrons. The van der Waals surface area contributed by atoms with Gasteiger partial charge in [0.05, 0.1) is 46.2 Å². The number of hydrogen-bond acceptors (Lipinski definition) is 16. The van der Waals surface area contributed by atoms with Crippen LogP contribution < -0.4 is 45.9 Å². The fraction of sp³-hybridized carbons (Fsp3) is 0.674. The summed E-state index contributed by atoms with van der Waals surface area (Å²) in [7, 11) is 0. The molecule has 356 valence electrons. The van der Waals surface area contributed by atoms with E-state index < -0.39 is 0 Å². The highest BCUT2D eigenvalue weighted by molar-refractivity contribution is 5.83. The van der Waals surface area contributed by atoms with E-state index in [0.29, 0.717) is 31.3 Å². The third-order valence-corrected chi connectivity index (χ3v) is 7.58. The van der Waals surface area contributed by atoms with Gasteiger partial charge in [0.25, 0.3) is 0 Å². The smallest absolute Gasteiger partial charge is 0.0585 e. The van der Waals surface area contributed by atoms with Crippen LogP contribution in [0.15, 0.2) is 60.8 Å². The number of nitrogens with two attached hydrogens (primary N) is 8. The number of fused-ring (bicyclic) bond motifs is 1. The van der Waals surface area contributed by atoms with Gasteiger partial charge in [0.1, 0.15) is 0 Å². The van der Waals surface area contributed by atoms with Gasteiger partial charge in [-0.3, -0.25) is 0 Å². The largest absolute Gasteiger partial charge is 0.396 e. The van der Waals surface area contributed by atoms with Gasteiger partial charge in [0.2, 0.25) is 0 Å². The van der Waals surface area contributed by atoms with Crippen LogP contribution in [-0.4, -0.2) is 148 Å². The number of H-pyrrole nitrogens is 1. The quantitative estimate of drug-likeness (QED) is 0.0790. The van der Waals surface area contributed by atoms with Gasteiger partial charge in [-0.15, -0.1) is 0 Å². The van der Waals surface area contributed by atoms with Crippen molar-refractivity contribution in [1.29, 1.82) is 0 Å². The van der Waals surface area contributed by atoms with Crippen molar-refractivity contribution in [2.24, 2.45) is 57.7 Å². The average Bonchev–Trinajstić information content (AvgIpc) is 3.66. The first kappa shape index (κ1) is 66.4. The van der Waals surface area contributed by atoms with Gasteiger partial charge < -0.3 is 91.7 Å². The van der Waals surface area contributed by atoms with E-state index in [1.807, 2.05) is 75.5 Å². The van der Waals surface area contributed by atoms with E-state index in [4.69, 9.17) is 86.7 Å². The predicted molar refractivity (Wildman–Crippen MR) is 250 cm³/mol. The number of aliphatic hydroxyl groups excluding tert-OH is 8. The average molecular weight is 862 g/mol. The van der Waals surface area contributed by atoms with Gasteiger partial charge in [-0.2, -0.15) is 0 Å². The van der Waals surface area contributed by atoms with E-state index in [0.717, 1.165) is 31.2 Å². The highest BCUT2D eigenvalue weighted by atomic mass is 16.3. The van der Waals surface area contributed by atoms with Crippen molar-refractivity contribution < 1.29 is 40.9 Å². The zero-order chi connectivity index (χ0) is 47.3. The summed E-state index contributed by atoms with van der Waals surface area (Å²) < 4.78 is 0. The molecule has 6 atom stereocenters. The second kappa shape index (κ2) is 49.0. The molecule has 0 saturated carbocycles. The molecule has 1 heterocycles. The minimum Gasteiger partial charge on any atom is -0.396 e. The Morgan fingerprint density at radius 3 is 1.32 bits per heavy atom. The molecule has 0 fully saturated rings. The minimum atomic E-state index is -0.172. The molecule has 6 unspecified atom stereocenters. The molecule has 0 amide bonds. The molecule has 1 aromatic heterocycles. The molecule has 25 N–H and O–H groups in total. The third-order valence-electron chi connectivity index (χ3n) is 7.58. The SMILES string of the molecule is CC(C)C(N)CO.CC(C)CC(N)CO.CC(N)CO.CCC(N)CO.NC(CO)Cc1c[nH]c2ccccc12.NC(CO)Cc1ccccc1.NCCCO.NCCO. The number of aromatic nitrogens is 1. The highest BCUT2D eigenvalue weighted by Crippen LogP contribution is 2.18. The monoisotopic (exact) mass is 862 g/mol. The molecule has 0 spiro atoms. The summed E-state index contributed by atoms with van der Waals surface area (Å²) in [5.74, 6) is 0.988. The zero-order valence-electron chi connectivity index (χ0n) is 37.7. The molecule has 3 rings (SSSR count). The van der Waals surface area contributed by atoms with Crippen molar-refractivity contribution in [2.45, 2.75) is 110 Å². The lowest BCUT2D eigenvalue weighted by atomic mass is 10.1. The molecule has 0 aliphatic rings. The third kappa shape index (κ3) is 48.0. The normalized spacial score (nSPS) is 13.1. The van der Waals surface area contributed by atoms with Gasteiger partial charge in [0.15, 0.2) is 0 Å². The Morgan fingerprint density at radius 1 is 0.550 bits per heavy atom. The molecule has 0 saturated heterocycles. The van der Waals surface area contributed by atoms with Crippen LogP contribution in [0.25, 0.3) is 10.9 Å². The van der Waals surface area contributed by atoms with E-state index in [9.17, 15) is 0 Å². The van der Waals surface area contributed by atoms with Gasteiger partial charge in [-0.25, -0.2) is 0 Å². The minimum absolute atomic E-state index is 0.00926. The summed E-state index contributed by atoms with van der Waals surface area (Å²) in [5.41, 5.74) is 45.5. The van der Waals surface area contributed by atoms with Crippen molar-refractivity contribution in [3.05, 3.63) is 71.9 Å². The Labute approximate surface area is 361 Å². The first-order chi connectivity index (χ1) is 28.4. The fourth-order valence-corrected chi connectivity index (χ4v) is 3.74. The molecule has 0 aliphatic carbocycles. The maximum atomic E-state index is 8.87. The van der Waals surface area contributed by atoms with E-state index in [-0.39, 0.29) is 89.1 Å². The summed E-state index contributed by atoms with van der Waals surface area (Å²) in [5, 5.41) is 67.5. The molecule has 17 nitrogen and oxygen atoms in total. The van der Waals surface area contributed by atoms with Crippen LogP contribution in [-0.2, 0) is 12.8 Å².